The van der Waals surface area contributed by atoms with Crippen LogP contribution in [0.2, 0.25) is 0 Å². The van der Waals surface area contributed by atoms with Crippen molar-refractivity contribution in [2.24, 2.45) is 0 Å². The van der Waals surface area contributed by atoms with Gasteiger partial charge in [0.1, 0.15) is 15.3 Å². The Hall–Kier alpha value is -1.11. The van der Waals surface area contributed by atoms with Gasteiger partial charge in [0, 0.05) is 19.4 Å². The van der Waals surface area contributed by atoms with Crippen LogP contribution >= 0.6 is 0 Å². The molecule has 0 atom stereocenters. The van der Waals surface area contributed by atoms with Gasteiger partial charge in [0.2, 0.25) is 5.41 Å². The Bertz CT molecular complexity index is 270. The van der Waals surface area contributed by atoms with Crippen LogP contribution in [0.1, 0.15) is 0 Å². The Balaban J connectivity index is 4.87. The number of carbonyl (C=O) groups is 1. The van der Waals surface area contributed by atoms with E-state index in [1.165, 1.54) is 21.3 Å². The third-order valence-corrected chi connectivity index (χ3v) is 4.25. The summed E-state index contributed by atoms with van der Waals surface area (Å²) in [7, 11) is 2.82. The summed E-state index contributed by atoms with van der Waals surface area (Å²) in [5.74, 6) is -0.800. The van der Waals surface area contributed by atoms with Crippen LogP contribution in [0.3, 0.4) is 0 Å². The third kappa shape index (κ3) is 3.19. The van der Waals surface area contributed by atoms with E-state index in [1.807, 2.05) is 0 Å². The van der Waals surface area contributed by atoms with E-state index in [0.717, 1.165) is 0 Å². The zero-order chi connectivity index (χ0) is 12.1. The van der Waals surface area contributed by atoms with Gasteiger partial charge in [-0.25, -0.2) is 4.79 Å². The van der Waals surface area contributed by atoms with Gasteiger partial charge in [-0.15, -0.1) is 0 Å². The van der Waals surface area contributed by atoms with E-state index in [1.54, 1.807) is 0 Å². The van der Waals surface area contributed by atoms with Crippen molar-refractivity contribution in [2.45, 2.75) is 5.41 Å². The normalized spacial score (nSPS) is 11.7. The molecule has 86 valence electrons. The lowest BCUT2D eigenvalue weighted by Gasteiger charge is -2.31. The van der Waals surface area contributed by atoms with Crippen LogP contribution in [-0.4, -0.2) is 47.3 Å². The number of rotatable bonds is 7. The van der Waals surface area contributed by atoms with Gasteiger partial charge in [-0.3, -0.25) is 0 Å². The Morgan fingerprint density at radius 2 is 1.73 bits per heavy atom. The van der Waals surface area contributed by atoms with E-state index in [2.05, 4.69) is 13.2 Å². The van der Waals surface area contributed by atoms with Gasteiger partial charge in [0.15, 0.2) is 0 Å². The van der Waals surface area contributed by atoms with Crippen LogP contribution in [-0.2, 0) is 19.0 Å². The number of hydrogen-bond donors (Lipinski definition) is 1. The number of carboxylic acids is 1. The van der Waals surface area contributed by atoms with Crippen molar-refractivity contribution in [3.05, 3.63) is 24.1 Å². The maximum Gasteiger partial charge on any atom is 0.326 e. The molecule has 0 fully saturated rings. The topological polar surface area (TPSA) is 65.0 Å². The van der Waals surface area contributed by atoms with Gasteiger partial charge >= 0.3 is 5.97 Å². The van der Waals surface area contributed by atoms with Gasteiger partial charge < -0.3 is 19.3 Å². The van der Waals surface area contributed by atoms with E-state index >= 15 is 0 Å². The molecule has 0 aromatic rings. The highest BCUT2D eigenvalue weighted by molar-refractivity contribution is 6.56. The highest BCUT2D eigenvalue weighted by Gasteiger charge is 2.37. The standard InChI is InChI=1S/C9H16O5Si/c1-6(8(10)11)15-9(13-4,14-5)7(2)12-3/h1-2,15H2,3-5H3,(H,10,11). The number of aliphatic carboxylic acids is 1. The molecule has 0 aromatic heterocycles. The molecule has 0 saturated heterocycles. The molecule has 0 radical (unpaired) electrons. The van der Waals surface area contributed by atoms with Gasteiger partial charge in [0.05, 0.1) is 7.11 Å². The molecule has 0 rings (SSSR count). The monoisotopic (exact) mass is 232 g/mol. The molecule has 0 unspecified atom stereocenters. The largest absolute Gasteiger partial charge is 0.496 e. The second kappa shape index (κ2) is 5.69. The second-order valence-corrected chi connectivity index (χ2v) is 5.01. The summed E-state index contributed by atoms with van der Waals surface area (Å²) in [5.41, 5.74) is -1.16. The maximum absolute atomic E-state index is 10.7. The predicted octanol–water partition coefficient (Wildman–Crippen LogP) is -0.140. The first-order valence-corrected chi connectivity index (χ1v) is 5.59. The first-order valence-electron chi connectivity index (χ1n) is 4.18. The lowest BCUT2D eigenvalue weighted by Crippen LogP contribution is -2.44. The Labute approximate surface area is 91.2 Å². The molecule has 15 heavy (non-hydrogen) atoms. The smallest absolute Gasteiger partial charge is 0.326 e. The average molecular weight is 232 g/mol. The number of methoxy groups -OCH3 is 3. The van der Waals surface area contributed by atoms with Gasteiger partial charge in [-0.05, 0) is 0 Å². The van der Waals surface area contributed by atoms with Gasteiger partial charge in [-0.2, -0.15) is 0 Å². The predicted molar refractivity (Wildman–Crippen MR) is 58.2 cm³/mol. The first kappa shape index (κ1) is 13.9. The van der Waals surface area contributed by atoms with Crippen LogP contribution in [0.25, 0.3) is 0 Å². The molecule has 1 N–H and O–H groups in total. The Morgan fingerprint density at radius 1 is 1.27 bits per heavy atom. The molecule has 0 bridgehead atoms. The fourth-order valence-corrected chi connectivity index (χ4v) is 2.41. The van der Waals surface area contributed by atoms with Crippen molar-refractivity contribution < 1.29 is 24.1 Å². The van der Waals surface area contributed by atoms with Crippen molar-refractivity contribution >= 4 is 15.5 Å². The number of hydrogen-bond acceptors (Lipinski definition) is 4. The Kier molecular flexibility index (Phi) is 5.27. The molecule has 0 aromatic carbocycles. The molecule has 0 aliphatic rings. The summed E-state index contributed by atoms with van der Waals surface area (Å²) in [6.07, 6.45) is 0. The minimum absolute atomic E-state index is 0.0944. The van der Waals surface area contributed by atoms with E-state index in [0.29, 0.717) is 0 Å². The van der Waals surface area contributed by atoms with Gasteiger partial charge in [-0.1, -0.05) is 13.2 Å². The molecule has 5 nitrogen and oxygen atoms in total. The van der Waals surface area contributed by atoms with E-state index in [9.17, 15) is 4.79 Å². The number of ether oxygens (including phenoxy) is 3. The maximum atomic E-state index is 10.7. The highest BCUT2D eigenvalue weighted by Crippen LogP contribution is 2.22. The van der Waals surface area contributed by atoms with Crippen LogP contribution in [0.15, 0.2) is 24.1 Å². The average Bonchev–Trinajstić information content (AvgIpc) is 2.24. The summed E-state index contributed by atoms with van der Waals surface area (Å²) in [5, 5.41) is 8.84. The Morgan fingerprint density at radius 3 is 2.00 bits per heavy atom. The molecule has 0 heterocycles. The molecule has 0 aliphatic heterocycles. The summed E-state index contributed by atoms with van der Waals surface area (Å²) in [6.45, 7) is 7.09. The van der Waals surface area contributed by atoms with Crippen LogP contribution in [0.5, 0.6) is 0 Å². The summed E-state index contributed by atoms with van der Waals surface area (Å²) in [4.78, 5) is 10.7. The molecular weight excluding hydrogens is 216 g/mol. The third-order valence-electron chi connectivity index (χ3n) is 2.08. The molecule has 0 amide bonds. The van der Waals surface area contributed by atoms with Crippen molar-refractivity contribution in [1.82, 2.24) is 0 Å². The second-order valence-electron chi connectivity index (χ2n) is 2.87. The number of carboxylic acid groups (broad SMARTS) is 1. The van der Waals surface area contributed by atoms with Crippen molar-refractivity contribution in [1.29, 1.82) is 0 Å². The fourth-order valence-electron chi connectivity index (χ4n) is 1.07. The highest BCUT2D eigenvalue weighted by atomic mass is 28.2. The molecule has 0 saturated carbocycles. The van der Waals surface area contributed by atoms with Crippen molar-refractivity contribution in [3.63, 3.8) is 0 Å². The fraction of sp³-hybridized carbons (Fsp3) is 0.444. The van der Waals surface area contributed by atoms with Crippen LogP contribution in [0, 0.1) is 0 Å². The summed E-state index contributed by atoms with van der Waals surface area (Å²) < 4.78 is 15.2. The molecule has 0 spiro atoms. The van der Waals surface area contributed by atoms with Crippen LogP contribution in [0.4, 0.5) is 0 Å². The zero-order valence-corrected chi connectivity index (χ0v) is 10.6. The van der Waals surface area contributed by atoms with E-state index in [4.69, 9.17) is 19.3 Å². The molecular formula is C9H16O5Si. The first-order chi connectivity index (χ1) is 6.93. The van der Waals surface area contributed by atoms with Crippen molar-refractivity contribution in [3.8, 4) is 0 Å². The lowest BCUT2D eigenvalue weighted by atomic mass is 10.5. The zero-order valence-electron chi connectivity index (χ0n) is 9.20. The minimum Gasteiger partial charge on any atom is -0.496 e. The lowest BCUT2D eigenvalue weighted by molar-refractivity contribution is -0.142. The quantitative estimate of drug-likeness (QED) is 0.286. The van der Waals surface area contributed by atoms with Crippen molar-refractivity contribution in [2.75, 3.05) is 21.3 Å². The van der Waals surface area contributed by atoms with E-state index < -0.39 is 20.9 Å². The summed E-state index contributed by atoms with van der Waals surface area (Å²) in [6, 6.07) is 0. The molecule has 6 heteroatoms. The summed E-state index contributed by atoms with van der Waals surface area (Å²) >= 11 is 0. The minimum atomic E-state index is -1.43. The SMILES string of the molecule is C=C([SiH2]C(OC)(OC)C(=C)OC)C(=O)O. The van der Waals surface area contributed by atoms with Crippen LogP contribution < -0.4 is 0 Å². The molecule has 0 aliphatic carbocycles. The van der Waals surface area contributed by atoms with E-state index in [-0.39, 0.29) is 11.0 Å². The van der Waals surface area contributed by atoms with Gasteiger partial charge in [0.25, 0.3) is 0 Å².